The van der Waals surface area contributed by atoms with Crippen molar-refractivity contribution in [3.8, 4) is 0 Å². The van der Waals surface area contributed by atoms with Crippen LogP contribution in [0, 0.1) is 10.1 Å². The number of rotatable bonds is 6. The van der Waals surface area contributed by atoms with Crippen molar-refractivity contribution in [2.45, 2.75) is 13.8 Å². The van der Waals surface area contributed by atoms with Gasteiger partial charge in [0.15, 0.2) is 10.7 Å². The van der Waals surface area contributed by atoms with Gasteiger partial charge in [0, 0.05) is 11.6 Å². The number of hydrogen-bond acceptors (Lipinski definition) is 9. The lowest BCUT2D eigenvalue weighted by molar-refractivity contribution is -0.386. The fraction of sp³-hybridized carbons (Fsp3) is 0.286. The van der Waals surface area contributed by atoms with Crippen molar-refractivity contribution in [3.63, 3.8) is 0 Å². The van der Waals surface area contributed by atoms with Crippen LogP contribution in [0.4, 0.5) is 5.69 Å². The van der Waals surface area contributed by atoms with Gasteiger partial charge in [0.1, 0.15) is 5.57 Å². The maximum atomic E-state index is 12.3. The predicted octanol–water partition coefficient (Wildman–Crippen LogP) is 1.17. The number of hydrogen-bond donors (Lipinski definition) is 0. The first-order chi connectivity index (χ1) is 11.9. The molecule has 0 spiro atoms. The molecule has 0 atom stereocenters. The van der Waals surface area contributed by atoms with Crippen molar-refractivity contribution in [1.82, 2.24) is 9.38 Å². The Morgan fingerprint density at radius 1 is 1.32 bits per heavy atom. The summed E-state index contributed by atoms with van der Waals surface area (Å²) in [5.41, 5.74) is -2.79. The van der Waals surface area contributed by atoms with Crippen molar-refractivity contribution in [3.05, 3.63) is 43.3 Å². The maximum absolute atomic E-state index is 12.3. The quantitative estimate of drug-likeness (QED) is 0.186. The fourth-order valence-electron chi connectivity index (χ4n) is 1.91. The summed E-state index contributed by atoms with van der Waals surface area (Å²) in [6.07, 6.45) is 2.18. The number of nitrogens with zero attached hydrogens (tertiary/aromatic N) is 3. The molecule has 0 radical (unpaired) electrons. The first kappa shape index (κ1) is 18.3. The van der Waals surface area contributed by atoms with Crippen molar-refractivity contribution in [1.29, 1.82) is 0 Å². The third-order valence-electron chi connectivity index (χ3n) is 2.92. The van der Waals surface area contributed by atoms with Gasteiger partial charge < -0.3 is 9.47 Å². The minimum atomic E-state index is -1.02. The zero-order valence-corrected chi connectivity index (χ0v) is 14.1. The number of fused-ring (bicyclic) bond motifs is 1. The van der Waals surface area contributed by atoms with Crippen LogP contribution < -0.4 is 5.56 Å². The molecule has 25 heavy (non-hydrogen) atoms. The Balaban J connectivity index is 2.71. The lowest BCUT2D eigenvalue weighted by Gasteiger charge is -2.06. The van der Waals surface area contributed by atoms with Crippen LogP contribution in [-0.2, 0) is 19.1 Å². The summed E-state index contributed by atoms with van der Waals surface area (Å²) in [5, 5.41) is 12.8. The zero-order valence-electron chi connectivity index (χ0n) is 13.3. The van der Waals surface area contributed by atoms with Gasteiger partial charge in [-0.3, -0.25) is 19.3 Å². The monoisotopic (exact) mass is 367 g/mol. The number of ether oxygens (including phenoxy) is 2. The van der Waals surface area contributed by atoms with Crippen LogP contribution in [0.3, 0.4) is 0 Å². The molecular formula is C14H13N3O7S. The summed E-state index contributed by atoms with van der Waals surface area (Å²) in [5.74, 6) is -2.05. The van der Waals surface area contributed by atoms with Gasteiger partial charge in [0.25, 0.3) is 0 Å². The van der Waals surface area contributed by atoms with Gasteiger partial charge in [-0.25, -0.2) is 14.6 Å². The molecule has 2 rings (SSSR count). The lowest BCUT2D eigenvalue weighted by atomic mass is 10.2. The smallest absolute Gasteiger partial charge is 0.359 e. The minimum absolute atomic E-state index is 0.0162. The molecule has 2 aromatic rings. The lowest BCUT2D eigenvalue weighted by Crippen LogP contribution is -2.21. The van der Waals surface area contributed by atoms with E-state index in [1.807, 2.05) is 0 Å². The molecule has 0 saturated heterocycles. The van der Waals surface area contributed by atoms with E-state index in [1.54, 1.807) is 0 Å². The molecule has 0 aliphatic carbocycles. The molecule has 0 bridgehead atoms. The van der Waals surface area contributed by atoms with Crippen molar-refractivity contribution in [2.75, 3.05) is 13.2 Å². The molecule has 11 heteroatoms. The molecule has 2 aromatic heterocycles. The Morgan fingerprint density at radius 3 is 2.44 bits per heavy atom. The van der Waals surface area contributed by atoms with Crippen LogP contribution in [0.2, 0.25) is 0 Å². The van der Waals surface area contributed by atoms with Crippen LogP contribution in [0.5, 0.6) is 0 Å². The third-order valence-corrected chi connectivity index (χ3v) is 3.68. The fourth-order valence-corrected chi connectivity index (χ4v) is 2.63. The maximum Gasteiger partial charge on any atom is 0.359 e. The molecule has 0 saturated carbocycles. The molecule has 0 aliphatic heterocycles. The van der Waals surface area contributed by atoms with Crippen molar-refractivity contribution >= 4 is 40.0 Å². The molecular weight excluding hydrogens is 354 g/mol. The van der Waals surface area contributed by atoms with E-state index >= 15 is 0 Å². The number of thiazole rings is 1. The van der Waals surface area contributed by atoms with Crippen molar-refractivity contribution in [2.24, 2.45) is 0 Å². The number of aromatic nitrogens is 2. The summed E-state index contributed by atoms with van der Waals surface area (Å²) in [4.78, 5) is 50.7. The Labute approximate surface area is 144 Å². The van der Waals surface area contributed by atoms with Crippen LogP contribution in [0.15, 0.2) is 21.9 Å². The highest BCUT2D eigenvalue weighted by Gasteiger charge is 2.27. The summed E-state index contributed by atoms with van der Waals surface area (Å²) in [6.45, 7) is 3.03. The molecule has 0 aliphatic rings. The number of esters is 2. The predicted molar refractivity (Wildman–Crippen MR) is 87.2 cm³/mol. The van der Waals surface area contributed by atoms with Gasteiger partial charge in [0.2, 0.25) is 0 Å². The van der Waals surface area contributed by atoms with Crippen LogP contribution >= 0.6 is 11.3 Å². The Kier molecular flexibility index (Phi) is 5.60. The molecule has 0 unspecified atom stereocenters. The normalized spacial score (nSPS) is 10.3. The second kappa shape index (κ2) is 7.66. The van der Waals surface area contributed by atoms with Crippen molar-refractivity contribution < 1.29 is 24.0 Å². The van der Waals surface area contributed by atoms with Gasteiger partial charge >= 0.3 is 23.2 Å². The highest BCUT2D eigenvalue weighted by atomic mass is 32.1. The second-order valence-corrected chi connectivity index (χ2v) is 5.34. The van der Waals surface area contributed by atoms with E-state index in [9.17, 15) is 24.5 Å². The number of carbonyl (C=O) groups excluding carboxylic acids is 2. The highest BCUT2D eigenvalue weighted by molar-refractivity contribution is 7.15. The number of nitro groups is 1. The largest absolute Gasteiger partial charge is 0.462 e. The topological polar surface area (TPSA) is 130 Å². The van der Waals surface area contributed by atoms with E-state index in [0.29, 0.717) is 0 Å². The molecule has 0 fully saturated rings. The summed E-state index contributed by atoms with van der Waals surface area (Å²) in [7, 11) is 0. The summed E-state index contributed by atoms with van der Waals surface area (Å²) in [6, 6.07) is 0. The summed E-state index contributed by atoms with van der Waals surface area (Å²) < 4.78 is 10.5. The standard InChI is InChI=1S/C14H13N3O7S/c1-3-23-12(19)8(13(20)24-4-2)7-9-10(17(21)22)11(18)16-5-6-25-14(16)15-9/h5-7H,3-4H2,1-2H3. The molecule has 10 nitrogen and oxygen atoms in total. The van der Waals surface area contributed by atoms with Crippen LogP contribution in [0.1, 0.15) is 19.5 Å². The molecule has 0 amide bonds. The van der Waals surface area contributed by atoms with Gasteiger partial charge in [-0.2, -0.15) is 0 Å². The minimum Gasteiger partial charge on any atom is -0.462 e. The Morgan fingerprint density at radius 2 is 1.92 bits per heavy atom. The van der Waals surface area contributed by atoms with Gasteiger partial charge in [-0.05, 0) is 19.9 Å². The van der Waals surface area contributed by atoms with Gasteiger partial charge in [-0.1, -0.05) is 0 Å². The Bertz CT molecular complexity index is 908. The third kappa shape index (κ3) is 3.71. The summed E-state index contributed by atoms with van der Waals surface area (Å²) >= 11 is 1.07. The van der Waals surface area contributed by atoms with E-state index < -0.39 is 39.4 Å². The first-order valence-electron chi connectivity index (χ1n) is 7.10. The van der Waals surface area contributed by atoms with E-state index in [2.05, 4.69) is 4.98 Å². The SMILES string of the molecule is CCOC(=O)C(=Cc1nc2sccn2c(=O)c1[N+](=O)[O-])C(=O)OCC. The van der Waals surface area contributed by atoms with Gasteiger partial charge in [-0.15, -0.1) is 11.3 Å². The molecule has 0 N–H and O–H groups in total. The second-order valence-electron chi connectivity index (χ2n) is 4.46. The average Bonchev–Trinajstić information content (AvgIpc) is 3.01. The van der Waals surface area contributed by atoms with Crippen LogP contribution in [0.25, 0.3) is 11.0 Å². The number of carbonyl (C=O) groups is 2. The van der Waals surface area contributed by atoms with Crippen LogP contribution in [-0.4, -0.2) is 39.5 Å². The van der Waals surface area contributed by atoms with E-state index in [-0.39, 0.29) is 18.2 Å². The zero-order chi connectivity index (χ0) is 18.6. The first-order valence-corrected chi connectivity index (χ1v) is 7.98. The molecule has 0 aromatic carbocycles. The highest BCUT2D eigenvalue weighted by Crippen LogP contribution is 2.19. The Hall–Kier alpha value is -3.08. The molecule has 132 valence electrons. The average molecular weight is 367 g/mol. The van der Waals surface area contributed by atoms with E-state index in [0.717, 1.165) is 21.8 Å². The van der Waals surface area contributed by atoms with E-state index in [4.69, 9.17) is 9.47 Å². The van der Waals surface area contributed by atoms with E-state index in [1.165, 1.54) is 25.4 Å². The van der Waals surface area contributed by atoms with Gasteiger partial charge in [0.05, 0.1) is 18.1 Å². The molecule has 2 heterocycles.